The van der Waals surface area contributed by atoms with Gasteiger partial charge in [-0.05, 0) is 37.3 Å². The number of aliphatic imine (C=N–C) groups is 2. The molecule has 6 aromatic rings. The van der Waals surface area contributed by atoms with Gasteiger partial charge in [0.25, 0.3) is 0 Å². The Morgan fingerprint density at radius 3 is 1.97 bits per heavy atom. The monoisotopic (exact) mass is 443 g/mol. The molecule has 0 radical (unpaired) electrons. The zero-order valence-corrected chi connectivity index (χ0v) is 18.8. The molecular weight excluding hydrogens is 422 g/mol. The van der Waals surface area contributed by atoms with Crippen molar-refractivity contribution in [3.63, 3.8) is 0 Å². The number of furan rings is 2. The second-order valence-corrected chi connectivity index (χ2v) is 8.76. The van der Waals surface area contributed by atoms with E-state index in [0.29, 0.717) is 0 Å². The van der Waals surface area contributed by atoms with E-state index in [-0.39, 0.29) is 6.17 Å². The highest BCUT2D eigenvalue weighted by Crippen LogP contribution is 2.35. The average molecular weight is 444 g/mol. The van der Waals surface area contributed by atoms with Crippen molar-refractivity contribution in [3.05, 3.63) is 96.1 Å². The lowest BCUT2D eigenvalue weighted by molar-refractivity contribution is 0.382. The van der Waals surface area contributed by atoms with Gasteiger partial charge in [0, 0.05) is 39.7 Å². The highest BCUT2D eigenvalue weighted by Gasteiger charge is 2.26. The molecule has 0 bridgehead atoms. The van der Waals surface area contributed by atoms with E-state index >= 15 is 0 Å². The second-order valence-electron chi connectivity index (χ2n) is 8.76. The first-order valence-corrected chi connectivity index (χ1v) is 11.3. The van der Waals surface area contributed by atoms with E-state index in [1.165, 1.54) is 0 Å². The molecule has 1 aliphatic rings. The summed E-state index contributed by atoms with van der Waals surface area (Å²) in [7, 11) is 2.03. The van der Waals surface area contributed by atoms with Gasteiger partial charge in [0.05, 0.1) is 0 Å². The Morgan fingerprint density at radius 1 is 0.676 bits per heavy atom. The topological polar surface area (TPSA) is 54.2 Å². The van der Waals surface area contributed by atoms with E-state index in [4.69, 9.17) is 18.8 Å². The second kappa shape index (κ2) is 7.06. The van der Waals surface area contributed by atoms with Crippen molar-refractivity contribution in [2.24, 2.45) is 9.98 Å². The molecule has 5 nitrogen and oxygen atoms in total. The molecule has 3 heterocycles. The number of amidine groups is 2. The van der Waals surface area contributed by atoms with E-state index in [9.17, 15) is 0 Å². The first-order chi connectivity index (χ1) is 16.7. The predicted molar refractivity (Wildman–Crippen MR) is 138 cm³/mol. The summed E-state index contributed by atoms with van der Waals surface area (Å²) >= 11 is 0. The minimum absolute atomic E-state index is 0.198. The van der Waals surface area contributed by atoms with Crippen LogP contribution in [0.15, 0.2) is 104 Å². The molecule has 0 saturated carbocycles. The van der Waals surface area contributed by atoms with Gasteiger partial charge in [-0.1, -0.05) is 54.6 Å². The highest BCUT2D eigenvalue weighted by molar-refractivity contribution is 6.11. The smallest absolute Gasteiger partial charge is 0.150 e. The average Bonchev–Trinajstić information content (AvgIpc) is 3.42. The summed E-state index contributed by atoms with van der Waals surface area (Å²) in [6.45, 7) is 1.94. The maximum absolute atomic E-state index is 6.12. The Kier molecular flexibility index (Phi) is 3.97. The predicted octanol–water partition coefficient (Wildman–Crippen LogP) is 7.29. The van der Waals surface area contributed by atoms with Gasteiger partial charge in [-0.3, -0.25) is 0 Å². The Labute approximate surface area is 195 Å². The van der Waals surface area contributed by atoms with Gasteiger partial charge >= 0.3 is 0 Å². The van der Waals surface area contributed by atoms with Gasteiger partial charge in [-0.2, -0.15) is 0 Å². The van der Waals surface area contributed by atoms with Crippen molar-refractivity contribution in [2.75, 3.05) is 7.05 Å². The van der Waals surface area contributed by atoms with Crippen LogP contribution in [0.2, 0.25) is 0 Å². The largest absolute Gasteiger partial charge is 0.456 e. The van der Waals surface area contributed by atoms with Crippen LogP contribution in [0.3, 0.4) is 0 Å². The van der Waals surface area contributed by atoms with Gasteiger partial charge in [-0.15, -0.1) is 0 Å². The van der Waals surface area contributed by atoms with Gasteiger partial charge in [-0.25, -0.2) is 9.98 Å². The van der Waals surface area contributed by atoms with Crippen LogP contribution in [0, 0.1) is 0 Å². The lowest BCUT2D eigenvalue weighted by atomic mass is 10.1. The minimum atomic E-state index is -0.198. The molecule has 7 rings (SSSR count). The lowest BCUT2D eigenvalue weighted by Gasteiger charge is -2.31. The molecule has 0 amide bonds. The molecule has 0 saturated heterocycles. The zero-order valence-electron chi connectivity index (χ0n) is 18.8. The molecule has 164 valence electrons. The van der Waals surface area contributed by atoms with E-state index in [0.717, 1.165) is 66.7 Å². The molecule has 4 aromatic carbocycles. The molecule has 5 heteroatoms. The minimum Gasteiger partial charge on any atom is -0.456 e. The summed E-state index contributed by atoms with van der Waals surface area (Å²) in [4.78, 5) is 11.8. The number of para-hydroxylation sites is 2. The van der Waals surface area contributed by atoms with Crippen LogP contribution in [-0.4, -0.2) is 23.6 Å². The fraction of sp³-hybridized carbons (Fsp3) is 0.103. The van der Waals surface area contributed by atoms with Crippen molar-refractivity contribution in [2.45, 2.75) is 13.1 Å². The quantitative estimate of drug-likeness (QED) is 0.282. The van der Waals surface area contributed by atoms with Gasteiger partial charge in [0.1, 0.15) is 40.2 Å². The molecule has 34 heavy (non-hydrogen) atoms. The van der Waals surface area contributed by atoms with Crippen molar-refractivity contribution in [1.29, 1.82) is 0 Å². The van der Waals surface area contributed by atoms with E-state index in [1.807, 2.05) is 50.4 Å². The summed E-state index contributed by atoms with van der Waals surface area (Å²) in [5, 5.41) is 4.47. The Bertz CT molecular complexity index is 1800. The van der Waals surface area contributed by atoms with Crippen LogP contribution >= 0.6 is 0 Å². The normalized spacial score (nSPS) is 16.5. The van der Waals surface area contributed by atoms with Crippen molar-refractivity contribution >= 4 is 55.5 Å². The Balaban J connectivity index is 1.31. The molecule has 0 fully saturated rings. The maximum Gasteiger partial charge on any atom is 0.150 e. The van der Waals surface area contributed by atoms with Crippen LogP contribution in [0.4, 0.5) is 0 Å². The summed E-state index contributed by atoms with van der Waals surface area (Å²) in [6, 6.07) is 28.9. The molecule has 0 spiro atoms. The van der Waals surface area contributed by atoms with Crippen molar-refractivity contribution in [1.82, 2.24) is 4.90 Å². The molecule has 0 aliphatic carbocycles. The highest BCUT2D eigenvalue weighted by atomic mass is 16.3. The lowest BCUT2D eigenvalue weighted by Crippen LogP contribution is -2.35. The third-order valence-electron chi connectivity index (χ3n) is 6.62. The summed E-state index contributed by atoms with van der Waals surface area (Å²) < 4.78 is 12.2. The molecular formula is C29H21N3O2. The first-order valence-electron chi connectivity index (χ1n) is 11.3. The van der Waals surface area contributed by atoms with E-state index in [2.05, 4.69) is 53.4 Å². The van der Waals surface area contributed by atoms with Gasteiger partial charge in [0.2, 0.25) is 0 Å². The van der Waals surface area contributed by atoms with Crippen LogP contribution in [-0.2, 0) is 0 Å². The number of nitrogens with zero attached hydrogens (tertiary/aromatic N) is 3. The molecule has 2 aromatic heterocycles. The molecule has 1 atom stereocenters. The number of hydrogen-bond donors (Lipinski definition) is 0. The van der Waals surface area contributed by atoms with Crippen molar-refractivity contribution in [3.8, 4) is 0 Å². The third-order valence-corrected chi connectivity index (χ3v) is 6.62. The Morgan fingerprint density at radius 2 is 1.26 bits per heavy atom. The third kappa shape index (κ3) is 2.80. The van der Waals surface area contributed by atoms with Crippen LogP contribution in [0.1, 0.15) is 24.2 Å². The first kappa shape index (κ1) is 19.1. The zero-order chi connectivity index (χ0) is 22.8. The standard InChI is InChI=1S/C29H21N3O2/c1-17-30-28(18-11-13-22-20-7-3-5-9-24(20)33-26(22)15-18)32(2)29(31-17)19-12-14-23-21-8-4-6-10-25(21)34-27(23)16-19/h3-16,28H,1-2H3. The fourth-order valence-corrected chi connectivity index (χ4v) is 4.97. The SMILES string of the molecule is CC1=NC(c2ccc3c(c2)oc2ccccc23)N(C)C(c2ccc3c(c2)oc2ccccc23)=N1. The number of hydrogen-bond acceptors (Lipinski definition) is 5. The van der Waals surface area contributed by atoms with Gasteiger partial charge in [0.15, 0.2) is 0 Å². The molecule has 1 unspecified atom stereocenters. The number of benzene rings is 4. The van der Waals surface area contributed by atoms with Crippen molar-refractivity contribution < 1.29 is 8.83 Å². The van der Waals surface area contributed by atoms with Gasteiger partial charge < -0.3 is 13.7 Å². The van der Waals surface area contributed by atoms with Crippen LogP contribution < -0.4 is 0 Å². The summed E-state index contributed by atoms with van der Waals surface area (Å²) in [5.74, 6) is 1.61. The maximum atomic E-state index is 6.12. The molecule has 0 N–H and O–H groups in total. The summed E-state index contributed by atoms with van der Waals surface area (Å²) in [5.41, 5.74) is 5.57. The van der Waals surface area contributed by atoms with E-state index < -0.39 is 0 Å². The number of rotatable bonds is 2. The van der Waals surface area contributed by atoms with E-state index in [1.54, 1.807) is 0 Å². The number of fused-ring (bicyclic) bond motifs is 6. The van der Waals surface area contributed by atoms with Crippen LogP contribution in [0.25, 0.3) is 43.9 Å². The fourth-order valence-electron chi connectivity index (χ4n) is 4.97. The summed E-state index contributed by atoms with van der Waals surface area (Å²) in [6.07, 6.45) is -0.198. The van der Waals surface area contributed by atoms with Crippen LogP contribution in [0.5, 0.6) is 0 Å². The Hall–Kier alpha value is -4.38. The molecule has 1 aliphatic heterocycles.